The van der Waals surface area contributed by atoms with Gasteiger partial charge in [0, 0.05) is 26.2 Å². The highest BCUT2D eigenvalue weighted by atomic mass is 35.5. The molecule has 1 fully saturated rings. The number of rotatable bonds is 3. The van der Waals surface area contributed by atoms with Gasteiger partial charge in [-0.2, -0.15) is 0 Å². The third-order valence-corrected chi connectivity index (χ3v) is 3.02. The lowest BCUT2D eigenvalue weighted by Gasteiger charge is -2.33. The van der Waals surface area contributed by atoms with E-state index in [2.05, 4.69) is 10.2 Å². The smallest absolute Gasteiger partial charge is 0.115 e. The standard InChI is InChI=1S/C12H17FN2O.2ClH/c13-9-12(15-7-5-14-6-8-15)10-1-3-11(16)4-2-10;;/h1-4,12,14,16H,5-9H2;2*1H/t12-;;/m0../s1. The zero-order valence-corrected chi connectivity index (χ0v) is 11.6. The molecule has 2 N–H and O–H groups in total. The number of nitrogens with one attached hydrogen (secondary N) is 1. The van der Waals surface area contributed by atoms with Gasteiger partial charge >= 0.3 is 0 Å². The van der Waals surface area contributed by atoms with Crippen molar-refractivity contribution in [2.45, 2.75) is 6.04 Å². The van der Waals surface area contributed by atoms with E-state index in [1.165, 1.54) is 0 Å². The van der Waals surface area contributed by atoms with Gasteiger partial charge in [0.2, 0.25) is 0 Å². The normalized spacial score (nSPS) is 17.4. The Hall–Kier alpha value is -0.550. The molecule has 0 amide bonds. The number of benzene rings is 1. The monoisotopic (exact) mass is 296 g/mol. The van der Waals surface area contributed by atoms with Crippen LogP contribution in [0.2, 0.25) is 0 Å². The first-order valence-electron chi connectivity index (χ1n) is 5.61. The summed E-state index contributed by atoms with van der Waals surface area (Å²) in [6, 6.07) is 6.63. The summed E-state index contributed by atoms with van der Waals surface area (Å²) in [6.45, 7) is 3.18. The molecule has 1 aromatic rings. The number of piperazine rings is 1. The number of hydrogen-bond acceptors (Lipinski definition) is 3. The molecule has 2 rings (SSSR count). The molecule has 0 unspecified atom stereocenters. The second kappa shape index (κ2) is 8.53. The minimum absolute atomic E-state index is 0. The first-order valence-corrected chi connectivity index (χ1v) is 5.61. The highest BCUT2D eigenvalue weighted by Crippen LogP contribution is 2.23. The van der Waals surface area contributed by atoms with Crippen molar-refractivity contribution in [3.8, 4) is 5.75 Å². The molecule has 0 aliphatic carbocycles. The Morgan fingerprint density at radius 2 is 1.72 bits per heavy atom. The average molecular weight is 297 g/mol. The van der Waals surface area contributed by atoms with Crippen LogP contribution in [-0.4, -0.2) is 42.9 Å². The third kappa shape index (κ3) is 4.28. The maximum Gasteiger partial charge on any atom is 0.115 e. The predicted octanol–water partition coefficient (Wildman–Crippen LogP) is 2.15. The van der Waals surface area contributed by atoms with Crippen LogP contribution in [0.1, 0.15) is 11.6 Å². The number of alkyl halides is 1. The minimum atomic E-state index is -0.384. The van der Waals surface area contributed by atoms with Crippen molar-refractivity contribution in [1.29, 1.82) is 0 Å². The van der Waals surface area contributed by atoms with Crippen LogP contribution in [0.5, 0.6) is 5.75 Å². The Morgan fingerprint density at radius 1 is 1.17 bits per heavy atom. The number of nitrogens with zero attached hydrogens (tertiary/aromatic N) is 1. The van der Waals surface area contributed by atoms with Gasteiger partial charge in [-0.3, -0.25) is 4.90 Å². The molecular weight excluding hydrogens is 278 g/mol. The summed E-state index contributed by atoms with van der Waals surface area (Å²) in [7, 11) is 0. The first-order chi connectivity index (χ1) is 7.81. The topological polar surface area (TPSA) is 35.5 Å². The van der Waals surface area contributed by atoms with E-state index < -0.39 is 0 Å². The van der Waals surface area contributed by atoms with Gasteiger partial charge in [-0.05, 0) is 17.7 Å². The zero-order chi connectivity index (χ0) is 11.4. The molecule has 1 heterocycles. The zero-order valence-electron chi connectivity index (χ0n) is 10.0. The Morgan fingerprint density at radius 3 is 2.22 bits per heavy atom. The van der Waals surface area contributed by atoms with E-state index >= 15 is 0 Å². The molecule has 1 aliphatic rings. The van der Waals surface area contributed by atoms with E-state index in [0.29, 0.717) is 0 Å². The lowest BCUT2D eigenvalue weighted by molar-refractivity contribution is 0.147. The maximum atomic E-state index is 13.1. The van der Waals surface area contributed by atoms with E-state index in [1.54, 1.807) is 24.3 Å². The van der Waals surface area contributed by atoms with Gasteiger partial charge in [0.15, 0.2) is 0 Å². The quantitative estimate of drug-likeness (QED) is 0.897. The SMILES string of the molecule is Cl.Cl.Oc1ccc([C@H](CF)N2CCNCC2)cc1. The highest BCUT2D eigenvalue weighted by Gasteiger charge is 2.21. The summed E-state index contributed by atoms with van der Waals surface area (Å²) in [6.07, 6.45) is 0. The predicted molar refractivity (Wildman–Crippen MR) is 75.8 cm³/mol. The van der Waals surface area contributed by atoms with Gasteiger partial charge in [-0.25, -0.2) is 4.39 Å². The molecule has 0 saturated carbocycles. The number of hydrogen-bond donors (Lipinski definition) is 2. The average Bonchev–Trinajstić information content (AvgIpc) is 2.34. The Labute approximate surface area is 119 Å². The molecule has 1 aromatic carbocycles. The van der Waals surface area contributed by atoms with Crippen molar-refractivity contribution in [3.05, 3.63) is 29.8 Å². The lowest BCUT2D eigenvalue weighted by Crippen LogP contribution is -2.45. The van der Waals surface area contributed by atoms with Crippen LogP contribution in [0.4, 0.5) is 4.39 Å². The van der Waals surface area contributed by atoms with Crippen molar-refractivity contribution < 1.29 is 9.50 Å². The minimum Gasteiger partial charge on any atom is -0.508 e. The molecule has 1 saturated heterocycles. The van der Waals surface area contributed by atoms with Crippen LogP contribution in [0, 0.1) is 0 Å². The van der Waals surface area contributed by atoms with Crippen molar-refractivity contribution >= 4 is 24.8 Å². The summed E-state index contributed by atoms with van der Waals surface area (Å²) in [5.74, 6) is 0.224. The van der Waals surface area contributed by atoms with Crippen LogP contribution in [-0.2, 0) is 0 Å². The first kappa shape index (κ1) is 17.4. The molecule has 0 bridgehead atoms. The molecule has 3 nitrogen and oxygen atoms in total. The van der Waals surface area contributed by atoms with Crippen LogP contribution >= 0.6 is 24.8 Å². The van der Waals surface area contributed by atoms with E-state index in [4.69, 9.17) is 0 Å². The van der Waals surface area contributed by atoms with Crippen molar-refractivity contribution in [1.82, 2.24) is 10.2 Å². The van der Waals surface area contributed by atoms with Gasteiger partial charge in [-0.1, -0.05) is 12.1 Å². The molecule has 0 aromatic heterocycles. The van der Waals surface area contributed by atoms with Crippen molar-refractivity contribution in [3.63, 3.8) is 0 Å². The number of aromatic hydroxyl groups is 1. The van der Waals surface area contributed by atoms with E-state index in [1.807, 2.05) is 0 Å². The summed E-state index contributed by atoms with van der Waals surface area (Å²) in [4.78, 5) is 2.14. The van der Waals surface area contributed by atoms with Gasteiger partial charge < -0.3 is 10.4 Å². The second-order valence-corrected chi connectivity index (χ2v) is 4.05. The van der Waals surface area contributed by atoms with Crippen LogP contribution < -0.4 is 5.32 Å². The molecule has 104 valence electrons. The van der Waals surface area contributed by atoms with Crippen LogP contribution in [0.3, 0.4) is 0 Å². The van der Waals surface area contributed by atoms with Gasteiger partial charge in [0.05, 0.1) is 6.04 Å². The molecule has 1 aliphatic heterocycles. The van der Waals surface area contributed by atoms with E-state index in [0.717, 1.165) is 31.7 Å². The largest absolute Gasteiger partial charge is 0.508 e. The van der Waals surface area contributed by atoms with Crippen molar-refractivity contribution in [2.75, 3.05) is 32.9 Å². The maximum absolute atomic E-state index is 13.1. The number of phenolic OH excluding ortho intramolecular Hbond substituents is 1. The summed E-state index contributed by atoms with van der Waals surface area (Å²) in [5, 5.41) is 12.5. The van der Waals surface area contributed by atoms with E-state index in [-0.39, 0.29) is 43.3 Å². The highest BCUT2D eigenvalue weighted by molar-refractivity contribution is 5.85. The third-order valence-electron chi connectivity index (χ3n) is 3.02. The summed E-state index contributed by atoms with van der Waals surface area (Å²) in [5.41, 5.74) is 0.933. The summed E-state index contributed by atoms with van der Waals surface area (Å²) < 4.78 is 13.1. The lowest BCUT2D eigenvalue weighted by atomic mass is 10.1. The molecule has 0 spiro atoms. The Bertz CT molecular complexity index is 331. The fourth-order valence-electron chi connectivity index (χ4n) is 2.09. The van der Waals surface area contributed by atoms with E-state index in [9.17, 15) is 9.50 Å². The molecule has 0 radical (unpaired) electrons. The second-order valence-electron chi connectivity index (χ2n) is 4.05. The van der Waals surface area contributed by atoms with Crippen molar-refractivity contribution in [2.24, 2.45) is 0 Å². The van der Waals surface area contributed by atoms with Crippen LogP contribution in [0.25, 0.3) is 0 Å². The fourth-order valence-corrected chi connectivity index (χ4v) is 2.09. The Balaban J connectivity index is 0.00000144. The molecule has 18 heavy (non-hydrogen) atoms. The van der Waals surface area contributed by atoms with Gasteiger partial charge in [0.25, 0.3) is 0 Å². The number of halogens is 3. The van der Waals surface area contributed by atoms with Crippen LogP contribution in [0.15, 0.2) is 24.3 Å². The molecule has 1 atom stereocenters. The van der Waals surface area contributed by atoms with Gasteiger partial charge in [-0.15, -0.1) is 24.8 Å². The number of phenols is 1. The molecular formula is C12H19Cl2FN2O. The van der Waals surface area contributed by atoms with Gasteiger partial charge in [0.1, 0.15) is 12.4 Å². The summed E-state index contributed by atoms with van der Waals surface area (Å²) >= 11 is 0. The Kier molecular flexibility index (Phi) is 8.27. The molecule has 6 heteroatoms. The fraction of sp³-hybridized carbons (Fsp3) is 0.500.